The molecule has 0 aliphatic rings. The fraction of sp³-hybridized carbons (Fsp3) is 0.280. The molecule has 1 N–H and O–H groups in total. The maximum atomic E-state index is 12.7. The Kier molecular flexibility index (Phi) is 5.63. The van der Waals surface area contributed by atoms with Gasteiger partial charge < -0.3 is 14.2 Å². The van der Waals surface area contributed by atoms with Gasteiger partial charge in [-0.25, -0.2) is 4.79 Å². The van der Waals surface area contributed by atoms with Gasteiger partial charge in [-0.3, -0.25) is 4.79 Å². The zero-order valence-electron chi connectivity index (χ0n) is 18.0. The zero-order valence-corrected chi connectivity index (χ0v) is 18.8. The number of rotatable bonds is 5. The van der Waals surface area contributed by atoms with Crippen LogP contribution >= 0.6 is 11.6 Å². The van der Waals surface area contributed by atoms with Crippen LogP contribution < -0.4 is 10.9 Å². The Hall–Kier alpha value is -3.05. The summed E-state index contributed by atoms with van der Waals surface area (Å²) in [6, 6.07) is 9.39. The molecule has 0 atom stereocenters. The molecule has 160 valence electrons. The molecule has 0 aliphatic heterocycles. The van der Waals surface area contributed by atoms with E-state index in [0.717, 1.165) is 44.4 Å². The smallest absolute Gasteiger partial charge is 0.339 e. The normalized spacial score (nSPS) is 11.4. The summed E-state index contributed by atoms with van der Waals surface area (Å²) in [4.78, 5) is 25.1. The molecule has 6 heteroatoms. The van der Waals surface area contributed by atoms with Crippen molar-refractivity contribution < 1.29 is 13.6 Å². The van der Waals surface area contributed by atoms with Crippen LogP contribution in [0.2, 0.25) is 5.02 Å². The van der Waals surface area contributed by atoms with E-state index in [1.807, 2.05) is 52.0 Å². The van der Waals surface area contributed by atoms with Crippen LogP contribution in [-0.4, -0.2) is 5.91 Å². The summed E-state index contributed by atoms with van der Waals surface area (Å²) >= 11 is 6.13. The van der Waals surface area contributed by atoms with Gasteiger partial charge in [-0.2, -0.15) is 0 Å². The molecule has 2 aromatic carbocycles. The van der Waals surface area contributed by atoms with Crippen LogP contribution in [0.25, 0.3) is 21.9 Å². The van der Waals surface area contributed by atoms with Crippen molar-refractivity contribution in [2.75, 3.05) is 0 Å². The third kappa shape index (κ3) is 3.86. The number of carbonyl (C=O) groups excluding carboxylic acids is 1. The molecule has 4 aromatic rings. The van der Waals surface area contributed by atoms with E-state index in [2.05, 4.69) is 5.32 Å². The predicted octanol–water partition coefficient (Wildman–Crippen LogP) is 5.68. The molecular formula is C25H24ClNO4. The summed E-state index contributed by atoms with van der Waals surface area (Å²) in [6.45, 7) is 8.10. The van der Waals surface area contributed by atoms with E-state index in [0.29, 0.717) is 29.1 Å². The molecule has 0 radical (unpaired) electrons. The molecule has 0 unspecified atom stereocenters. The monoisotopic (exact) mass is 437 g/mol. The number of carbonyl (C=O) groups is 1. The lowest BCUT2D eigenvalue weighted by Gasteiger charge is -2.10. The Labute approximate surface area is 185 Å². The number of fused-ring (bicyclic) bond motifs is 2. The van der Waals surface area contributed by atoms with Gasteiger partial charge in [0.15, 0.2) is 0 Å². The minimum absolute atomic E-state index is 0.147. The summed E-state index contributed by atoms with van der Waals surface area (Å²) in [5.74, 6) is 0.704. The molecule has 0 aliphatic carbocycles. The van der Waals surface area contributed by atoms with E-state index >= 15 is 0 Å². The molecule has 1 amide bonds. The topological polar surface area (TPSA) is 72.5 Å². The largest absolute Gasteiger partial charge is 0.461 e. The number of furan rings is 1. The average molecular weight is 438 g/mol. The molecule has 4 rings (SSSR count). The van der Waals surface area contributed by atoms with Gasteiger partial charge in [0.2, 0.25) is 5.91 Å². The highest BCUT2D eigenvalue weighted by atomic mass is 35.5. The molecule has 0 saturated heterocycles. The average Bonchev–Trinajstić information content (AvgIpc) is 3.03. The van der Waals surface area contributed by atoms with Crippen LogP contribution in [0.15, 0.2) is 44.0 Å². The SMILES string of the molecule is Cc1oc2c(C)c3oc(=O)c(CCC(=O)NCc4ccccc4Cl)c(C)c3cc2c1C. The van der Waals surface area contributed by atoms with Crippen molar-refractivity contribution in [3.05, 3.63) is 79.4 Å². The van der Waals surface area contributed by atoms with Crippen LogP contribution in [-0.2, 0) is 17.8 Å². The second-order valence-corrected chi connectivity index (χ2v) is 8.31. The van der Waals surface area contributed by atoms with Crippen LogP contribution in [0.4, 0.5) is 0 Å². The molecule has 2 heterocycles. The number of nitrogens with one attached hydrogen (secondary N) is 1. The summed E-state index contributed by atoms with van der Waals surface area (Å²) in [5.41, 5.74) is 4.98. The van der Waals surface area contributed by atoms with Crippen molar-refractivity contribution >= 4 is 39.4 Å². The Balaban J connectivity index is 1.60. The van der Waals surface area contributed by atoms with Gasteiger partial charge in [0.05, 0.1) is 0 Å². The van der Waals surface area contributed by atoms with Crippen molar-refractivity contribution in [1.29, 1.82) is 0 Å². The highest BCUT2D eigenvalue weighted by Crippen LogP contribution is 2.34. The number of hydrogen-bond acceptors (Lipinski definition) is 4. The fourth-order valence-electron chi connectivity index (χ4n) is 3.94. The third-order valence-electron chi connectivity index (χ3n) is 5.98. The van der Waals surface area contributed by atoms with E-state index in [1.54, 1.807) is 6.07 Å². The van der Waals surface area contributed by atoms with Crippen molar-refractivity contribution in [2.45, 2.75) is 47.1 Å². The van der Waals surface area contributed by atoms with Crippen molar-refractivity contribution in [3.63, 3.8) is 0 Å². The lowest BCUT2D eigenvalue weighted by Crippen LogP contribution is -2.24. The minimum atomic E-state index is -0.411. The van der Waals surface area contributed by atoms with Crippen molar-refractivity contribution in [3.8, 4) is 0 Å². The number of benzene rings is 2. The van der Waals surface area contributed by atoms with E-state index in [9.17, 15) is 9.59 Å². The molecular weight excluding hydrogens is 414 g/mol. The predicted molar refractivity (Wildman–Crippen MR) is 123 cm³/mol. The van der Waals surface area contributed by atoms with Gasteiger partial charge in [-0.1, -0.05) is 29.8 Å². The van der Waals surface area contributed by atoms with E-state index in [1.165, 1.54) is 0 Å². The Morgan fingerprint density at radius 1 is 0.968 bits per heavy atom. The minimum Gasteiger partial charge on any atom is -0.461 e. The van der Waals surface area contributed by atoms with Gasteiger partial charge in [0.1, 0.15) is 16.9 Å². The summed E-state index contributed by atoms with van der Waals surface area (Å²) < 4.78 is 11.5. The Bertz CT molecular complexity index is 1380. The standard InChI is InChI=1S/C25H24ClNO4/c1-13-16(4)30-23-15(3)24-20(11-19(13)23)14(2)18(25(29)31-24)9-10-22(28)27-12-17-7-5-6-8-21(17)26/h5-8,11H,9-10,12H2,1-4H3,(H,27,28). The highest BCUT2D eigenvalue weighted by Gasteiger charge is 2.19. The molecule has 31 heavy (non-hydrogen) atoms. The van der Waals surface area contributed by atoms with Gasteiger partial charge in [0, 0.05) is 39.9 Å². The summed E-state index contributed by atoms with van der Waals surface area (Å²) in [7, 11) is 0. The van der Waals surface area contributed by atoms with Gasteiger partial charge in [-0.05, 0) is 62.9 Å². The zero-order chi connectivity index (χ0) is 22.3. The van der Waals surface area contributed by atoms with Crippen LogP contribution in [0.5, 0.6) is 0 Å². The lowest BCUT2D eigenvalue weighted by atomic mass is 9.98. The van der Waals surface area contributed by atoms with Crippen LogP contribution in [0, 0.1) is 27.7 Å². The van der Waals surface area contributed by atoms with Crippen LogP contribution in [0.3, 0.4) is 0 Å². The third-order valence-corrected chi connectivity index (χ3v) is 6.35. The molecule has 2 aromatic heterocycles. The lowest BCUT2D eigenvalue weighted by molar-refractivity contribution is -0.121. The number of hydrogen-bond donors (Lipinski definition) is 1. The van der Waals surface area contributed by atoms with E-state index in [4.69, 9.17) is 20.4 Å². The Morgan fingerprint density at radius 3 is 2.39 bits per heavy atom. The maximum Gasteiger partial charge on any atom is 0.339 e. The van der Waals surface area contributed by atoms with Gasteiger partial charge in [-0.15, -0.1) is 0 Å². The van der Waals surface area contributed by atoms with Crippen molar-refractivity contribution in [2.24, 2.45) is 0 Å². The molecule has 0 bridgehead atoms. The summed E-state index contributed by atoms with van der Waals surface area (Å²) in [6.07, 6.45) is 0.492. The molecule has 5 nitrogen and oxygen atoms in total. The van der Waals surface area contributed by atoms with Crippen LogP contribution in [0.1, 0.15) is 40.0 Å². The maximum absolute atomic E-state index is 12.7. The highest BCUT2D eigenvalue weighted by molar-refractivity contribution is 6.31. The second-order valence-electron chi connectivity index (χ2n) is 7.90. The number of aryl methyl sites for hydroxylation is 4. The van der Waals surface area contributed by atoms with E-state index < -0.39 is 5.63 Å². The first-order chi connectivity index (χ1) is 14.8. The number of halogens is 1. The van der Waals surface area contributed by atoms with E-state index in [-0.39, 0.29) is 12.3 Å². The van der Waals surface area contributed by atoms with Gasteiger partial charge in [0.25, 0.3) is 0 Å². The second kappa shape index (κ2) is 8.23. The molecule has 0 saturated carbocycles. The van der Waals surface area contributed by atoms with Crippen molar-refractivity contribution in [1.82, 2.24) is 5.32 Å². The molecule has 0 fully saturated rings. The molecule has 0 spiro atoms. The summed E-state index contributed by atoms with van der Waals surface area (Å²) in [5, 5.41) is 5.36. The number of amides is 1. The van der Waals surface area contributed by atoms with Gasteiger partial charge >= 0.3 is 5.63 Å². The Morgan fingerprint density at radius 2 is 1.65 bits per heavy atom. The first-order valence-corrected chi connectivity index (χ1v) is 10.6. The first-order valence-electron chi connectivity index (χ1n) is 10.2. The fourth-order valence-corrected chi connectivity index (χ4v) is 4.15. The quantitative estimate of drug-likeness (QED) is 0.408. The first kappa shape index (κ1) is 21.2.